The van der Waals surface area contributed by atoms with Gasteiger partial charge in [-0.1, -0.05) is 29.8 Å². The minimum atomic E-state index is 0.283. The Kier molecular flexibility index (Phi) is 6.95. The van der Waals surface area contributed by atoms with Gasteiger partial charge in [0.05, 0.1) is 0 Å². The molecule has 2 aliphatic rings. The van der Waals surface area contributed by atoms with E-state index in [1.54, 1.807) is 0 Å². The van der Waals surface area contributed by atoms with Crippen LogP contribution in [-0.2, 0) is 18.3 Å². The number of rotatable bonds is 0. The average Bonchev–Trinajstić information content (AvgIpc) is 2.51. The molecule has 0 saturated heterocycles. The van der Waals surface area contributed by atoms with Gasteiger partial charge in [0.25, 0.3) is 0 Å². The first-order valence-corrected chi connectivity index (χ1v) is 8.56. The molecular weight excluding hydrogens is 353 g/mol. The number of hydrogen-bond donors (Lipinski definition) is 0. The normalized spacial score (nSPS) is 26.2. The number of hydrogen-bond acceptors (Lipinski definition) is 0. The summed E-state index contributed by atoms with van der Waals surface area (Å²) in [7, 11) is 0. The van der Waals surface area contributed by atoms with E-state index in [9.17, 15) is 0 Å². The molecule has 0 bridgehead atoms. The molecule has 0 unspecified atom stereocenters. The van der Waals surface area contributed by atoms with Crippen LogP contribution in [0.15, 0.2) is 44.1 Å². The Morgan fingerprint density at radius 2 is 1.60 bits per heavy atom. The zero-order valence-corrected chi connectivity index (χ0v) is 15.8. The van der Waals surface area contributed by atoms with E-state index in [0.717, 1.165) is 30.7 Å². The second kappa shape index (κ2) is 7.76. The monoisotopic (exact) mass is 379 g/mol. The van der Waals surface area contributed by atoms with Gasteiger partial charge < -0.3 is 0 Å². The van der Waals surface area contributed by atoms with Crippen molar-refractivity contribution in [2.75, 3.05) is 0 Å². The zero-order valence-electron chi connectivity index (χ0n) is 13.3. The molecule has 0 aromatic rings. The molecule has 0 aromatic heterocycles. The zero-order chi connectivity index (χ0) is 15.3. The molecule has 0 aromatic carbocycles. The van der Waals surface area contributed by atoms with Crippen molar-refractivity contribution >= 4 is 11.6 Å². The fraction of sp³-hybridized carbons (Fsp3) is 0.556. The molecule has 2 heteroatoms. The first kappa shape index (κ1) is 17.9. The summed E-state index contributed by atoms with van der Waals surface area (Å²) in [6.45, 7) is 11.2. The first-order valence-electron chi connectivity index (χ1n) is 7.32. The van der Waals surface area contributed by atoms with Crippen LogP contribution in [0.2, 0.25) is 0 Å². The second-order valence-corrected chi connectivity index (χ2v) is 7.39. The van der Waals surface area contributed by atoms with Crippen molar-refractivity contribution in [2.24, 2.45) is 5.41 Å². The standard InChI is InChI=1S/C10H15.C8H11Cl.Ru/c1-7-6-10(4,5)9(3)8(7)2;9-8-6-4-2-1-3-5-7-8;/h1-5H3;1-2,7H,3-6H2;/b;2-1-,8-7+;. The fourth-order valence-electron chi connectivity index (χ4n) is 2.43. The van der Waals surface area contributed by atoms with Crippen molar-refractivity contribution < 1.29 is 18.3 Å². The van der Waals surface area contributed by atoms with E-state index in [2.05, 4.69) is 71.1 Å². The molecule has 2 rings (SSSR count). The van der Waals surface area contributed by atoms with E-state index in [-0.39, 0.29) is 5.41 Å². The largest absolute Gasteiger partial charge is 0.0895 e. The van der Waals surface area contributed by atoms with Crippen LogP contribution >= 0.6 is 11.6 Å². The Hall–Kier alpha value is -0.127. The second-order valence-electron chi connectivity index (χ2n) is 6.04. The SMILES string of the molecule is CC1=C(C)C(C)(C)[C]([Ru])=C1C.Cl/C1=C/CC/C=C\CC1. The van der Waals surface area contributed by atoms with E-state index < -0.39 is 0 Å². The fourth-order valence-corrected chi connectivity index (χ4v) is 3.30. The van der Waals surface area contributed by atoms with Crippen LogP contribution in [0, 0.1) is 5.41 Å². The maximum atomic E-state index is 5.82. The summed E-state index contributed by atoms with van der Waals surface area (Å²) in [6, 6.07) is 0. The number of allylic oxidation sites excluding steroid dienone is 8. The third kappa shape index (κ3) is 4.44. The van der Waals surface area contributed by atoms with Gasteiger partial charge >= 0.3 is 79.2 Å². The van der Waals surface area contributed by atoms with E-state index in [1.165, 1.54) is 20.9 Å². The molecule has 113 valence electrons. The molecular formula is C18H26ClRu. The Morgan fingerprint density at radius 1 is 1.00 bits per heavy atom. The van der Waals surface area contributed by atoms with Gasteiger partial charge in [-0.2, -0.15) is 0 Å². The molecule has 0 nitrogen and oxygen atoms in total. The van der Waals surface area contributed by atoms with Crippen LogP contribution in [0.4, 0.5) is 0 Å². The predicted octanol–water partition coefficient (Wildman–Crippen LogP) is 6.42. The van der Waals surface area contributed by atoms with Gasteiger partial charge in [-0.15, -0.1) is 0 Å². The van der Waals surface area contributed by atoms with Gasteiger partial charge in [-0.3, -0.25) is 0 Å². The van der Waals surface area contributed by atoms with Gasteiger partial charge in [0, 0.05) is 5.03 Å². The van der Waals surface area contributed by atoms with Crippen LogP contribution in [0.25, 0.3) is 0 Å². The summed E-state index contributed by atoms with van der Waals surface area (Å²) < 4.78 is 1.46. The Morgan fingerprint density at radius 3 is 2.05 bits per heavy atom. The van der Waals surface area contributed by atoms with Crippen LogP contribution in [-0.4, -0.2) is 0 Å². The first-order chi connectivity index (χ1) is 9.28. The summed E-state index contributed by atoms with van der Waals surface area (Å²) in [4.78, 5) is 0. The van der Waals surface area contributed by atoms with Crippen molar-refractivity contribution in [3.05, 3.63) is 44.1 Å². The summed E-state index contributed by atoms with van der Waals surface area (Å²) in [6.07, 6.45) is 10.9. The Labute approximate surface area is 139 Å². The number of halogens is 1. The van der Waals surface area contributed by atoms with Gasteiger partial charge in [-0.05, 0) is 25.7 Å². The Balaban J connectivity index is 0.000000204. The molecule has 0 radical (unpaired) electrons. The van der Waals surface area contributed by atoms with E-state index >= 15 is 0 Å². The summed E-state index contributed by atoms with van der Waals surface area (Å²) in [5.74, 6) is 0. The van der Waals surface area contributed by atoms with Crippen LogP contribution in [0.5, 0.6) is 0 Å². The van der Waals surface area contributed by atoms with Crippen LogP contribution in [0.1, 0.15) is 60.3 Å². The van der Waals surface area contributed by atoms with Gasteiger partial charge in [-0.25, -0.2) is 0 Å². The molecule has 0 fully saturated rings. The van der Waals surface area contributed by atoms with Crippen molar-refractivity contribution in [1.82, 2.24) is 0 Å². The van der Waals surface area contributed by atoms with Crippen molar-refractivity contribution in [1.29, 1.82) is 0 Å². The summed E-state index contributed by atoms with van der Waals surface area (Å²) in [5.41, 5.74) is 4.74. The van der Waals surface area contributed by atoms with E-state index in [4.69, 9.17) is 11.6 Å². The van der Waals surface area contributed by atoms with Crippen LogP contribution in [0.3, 0.4) is 0 Å². The average molecular weight is 379 g/mol. The third-order valence-corrected chi connectivity index (χ3v) is 6.41. The molecule has 0 aliphatic heterocycles. The maximum absolute atomic E-state index is 5.82. The molecule has 0 spiro atoms. The minimum Gasteiger partial charge on any atom is -0.0895 e. The summed E-state index contributed by atoms with van der Waals surface area (Å²) in [5, 5.41) is 1.03. The topological polar surface area (TPSA) is 0 Å². The van der Waals surface area contributed by atoms with Crippen LogP contribution < -0.4 is 0 Å². The summed E-state index contributed by atoms with van der Waals surface area (Å²) >= 11 is 8.59. The smallest absolute Gasteiger partial charge is 0.0144 e. The molecule has 20 heavy (non-hydrogen) atoms. The molecule has 0 saturated carbocycles. The minimum absolute atomic E-state index is 0.283. The molecule has 2 aliphatic carbocycles. The quantitative estimate of drug-likeness (QED) is 0.337. The van der Waals surface area contributed by atoms with Crippen molar-refractivity contribution in [3.8, 4) is 0 Å². The third-order valence-electron chi connectivity index (χ3n) is 4.33. The van der Waals surface area contributed by atoms with Gasteiger partial charge in [0.2, 0.25) is 0 Å². The van der Waals surface area contributed by atoms with Crippen molar-refractivity contribution in [3.63, 3.8) is 0 Å². The maximum Gasteiger partial charge on any atom is 0.0144 e. The van der Waals surface area contributed by atoms with E-state index in [0.29, 0.717) is 0 Å². The van der Waals surface area contributed by atoms with Gasteiger partial charge in [0.1, 0.15) is 0 Å². The van der Waals surface area contributed by atoms with Gasteiger partial charge in [0.15, 0.2) is 0 Å². The Bertz CT molecular complexity index is 450. The molecule has 0 amide bonds. The molecule has 0 atom stereocenters. The van der Waals surface area contributed by atoms with Crippen molar-refractivity contribution in [2.45, 2.75) is 60.3 Å². The molecule has 0 heterocycles. The molecule has 0 N–H and O–H groups in total. The predicted molar refractivity (Wildman–Crippen MR) is 86.4 cm³/mol. The van der Waals surface area contributed by atoms with E-state index in [1.807, 2.05) is 0 Å².